The van der Waals surface area contributed by atoms with Crippen molar-refractivity contribution >= 4 is 40.2 Å². The van der Waals surface area contributed by atoms with E-state index in [9.17, 15) is 4.79 Å². The van der Waals surface area contributed by atoms with E-state index in [1.807, 2.05) is 19.9 Å². The van der Waals surface area contributed by atoms with Gasteiger partial charge in [-0.1, -0.05) is 26.8 Å². The van der Waals surface area contributed by atoms with Gasteiger partial charge in [0.05, 0.1) is 21.2 Å². The maximum atomic E-state index is 12.8. The first kappa shape index (κ1) is 24.4. The van der Waals surface area contributed by atoms with E-state index in [2.05, 4.69) is 65.7 Å². The molecule has 0 N–H and O–H groups in total. The van der Waals surface area contributed by atoms with Crippen LogP contribution in [0.4, 0.5) is 0 Å². The Labute approximate surface area is 197 Å². The van der Waals surface area contributed by atoms with Crippen LogP contribution in [0.25, 0.3) is 0 Å². The summed E-state index contributed by atoms with van der Waals surface area (Å²) in [6.07, 6.45) is 0.664. The lowest BCUT2D eigenvalue weighted by molar-refractivity contribution is -0.152. The highest BCUT2D eigenvalue weighted by molar-refractivity contribution is 9.11. The first-order chi connectivity index (χ1) is 13.7. The average Bonchev–Trinajstić information content (AvgIpc) is 2.85. The van der Waals surface area contributed by atoms with Gasteiger partial charge in [-0.3, -0.25) is 4.79 Å². The van der Waals surface area contributed by atoms with Crippen molar-refractivity contribution in [2.75, 3.05) is 0 Å². The van der Waals surface area contributed by atoms with Gasteiger partial charge in [-0.05, 0) is 76.0 Å². The molecule has 30 heavy (non-hydrogen) atoms. The van der Waals surface area contributed by atoms with Crippen LogP contribution in [0.1, 0.15) is 47.5 Å². The maximum absolute atomic E-state index is 12.8. The Kier molecular flexibility index (Phi) is 6.99. The molecule has 2 fully saturated rings. The summed E-state index contributed by atoms with van der Waals surface area (Å²) in [6, 6.07) is 5.34. The van der Waals surface area contributed by atoms with Gasteiger partial charge in [0.15, 0.2) is 19.9 Å². The molecule has 0 spiro atoms. The van der Waals surface area contributed by atoms with E-state index in [4.69, 9.17) is 18.6 Å². The molecule has 1 heterocycles. The molecule has 1 aliphatic carbocycles. The molecule has 3 rings (SSSR count). The summed E-state index contributed by atoms with van der Waals surface area (Å²) in [5.74, 6) is -0.356. The Bertz CT molecular complexity index is 852. The second-order valence-electron chi connectivity index (χ2n) is 10.1. The second-order valence-corrected chi connectivity index (χ2v) is 16.6. The lowest BCUT2D eigenvalue weighted by Gasteiger charge is -2.44. The van der Waals surface area contributed by atoms with Crippen LogP contribution in [0.5, 0.6) is 5.75 Å². The predicted octanol–water partition coefficient (Wildman–Crippen LogP) is 6.02. The highest BCUT2D eigenvalue weighted by Gasteiger charge is 2.53. The van der Waals surface area contributed by atoms with E-state index in [-0.39, 0.29) is 34.9 Å². The van der Waals surface area contributed by atoms with Crippen LogP contribution >= 0.6 is 31.9 Å². The molecule has 1 aromatic rings. The molecule has 0 bridgehead atoms. The van der Waals surface area contributed by atoms with Crippen LogP contribution in [0.2, 0.25) is 18.1 Å². The number of hydrogen-bond acceptors (Lipinski definition) is 5. The minimum atomic E-state index is -2.03. The van der Waals surface area contributed by atoms with Gasteiger partial charge in [0.2, 0.25) is 5.43 Å². The summed E-state index contributed by atoms with van der Waals surface area (Å²) in [7, 11) is -2.03. The zero-order valence-electron chi connectivity index (χ0n) is 18.8. The first-order valence-corrected chi connectivity index (χ1v) is 14.9. The van der Waals surface area contributed by atoms with Gasteiger partial charge in [0, 0.05) is 12.8 Å². The van der Waals surface area contributed by atoms with Crippen LogP contribution in [-0.2, 0) is 13.9 Å². The Morgan fingerprint density at radius 1 is 1.10 bits per heavy atom. The molecule has 0 amide bonds. The minimum Gasteiger partial charge on any atom is -0.485 e. The zero-order valence-corrected chi connectivity index (χ0v) is 22.9. The van der Waals surface area contributed by atoms with Crippen molar-refractivity contribution in [2.45, 2.75) is 95.8 Å². The lowest BCUT2D eigenvalue weighted by Crippen LogP contribution is -2.54. The van der Waals surface area contributed by atoms with Crippen LogP contribution in [-0.4, -0.2) is 38.5 Å². The maximum Gasteiger partial charge on any atom is 0.235 e. The summed E-state index contributed by atoms with van der Waals surface area (Å²) in [6.45, 7) is 15.0. The molecule has 1 saturated heterocycles. The molecule has 0 aromatic heterocycles. The second kappa shape index (κ2) is 8.59. The van der Waals surface area contributed by atoms with Crippen molar-refractivity contribution in [3.8, 4) is 5.75 Å². The summed E-state index contributed by atoms with van der Waals surface area (Å²) in [4.78, 5) is 12.8. The highest BCUT2D eigenvalue weighted by Crippen LogP contribution is 2.44. The molecule has 2 aliphatic rings. The van der Waals surface area contributed by atoms with Crippen LogP contribution in [0.15, 0.2) is 31.9 Å². The lowest BCUT2D eigenvalue weighted by atomic mass is 9.90. The SMILES string of the molecule is CC1(C)O[C@@H]2[C@@H](CC(Oc3c(Br)cccc(Br)c3=O)C[C@H]2O[Si](C)(C)C(C)(C)C)O1. The molecule has 1 unspecified atom stereocenters. The van der Waals surface area contributed by atoms with Crippen molar-refractivity contribution in [3.05, 3.63) is 37.4 Å². The number of ether oxygens (including phenoxy) is 3. The third-order valence-corrected chi connectivity index (χ3v) is 12.0. The quantitative estimate of drug-likeness (QED) is 0.419. The van der Waals surface area contributed by atoms with Gasteiger partial charge in [-0.15, -0.1) is 0 Å². The summed E-state index contributed by atoms with van der Waals surface area (Å²) < 4.78 is 26.6. The van der Waals surface area contributed by atoms with Gasteiger partial charge >= 0.3 is 0 Å². The van der Waals surface area contributed by atoms with E-state index in [1.54, 1.807) is 12.1 Å². The third-order valence-electron chi connectivity index (χ3n) is 6.24. The molecule has 1 saturated carbocycles. The molecular weight excluding hydrogens is 532 g/mol. The van der Waals surface area contributed by atoms with E-state index >= 15 is 0 Å². The summed E-state index contributed by atoms with van der Waals surface area (Å²) >= 11 is 6.81. The first-order valence-electron chi connectivity index (χ1n) is 10.4. The van der Waals surface area contributed by atoms with Crippen LogP contribution in [0, 0.1) is 0 Å². The fraction of sp³-hybridized carbons (Fsp3) is 0.682. The molecule has 0 radical (unpaired) electrons. The Morgan fingerprint density at radius 2 is 1.73 bits per heavy atom. The van der Waals surface area contributed by atoms with Crippen LogP contribution < -0.4 is 10.2 Å². The van der Waals surface area contributed by atoms with Crippen molar-refractivity contribution in [2.24, 2.45) is 0 Å². The molecule has 4 atom stereocenters. The fourth-order valence-corrected chi connectivity index (χ4v) is 5.84. The number of hydrogen-bond donors (Lipinski definition) is 0. The predicted molar refractivity (Wildman–Crippen MR) is 128 cm³/mol. The average molecular weight is 564 g/mol. The largest absolute Gasteiger partial charge is 0.485 e. The summed E-state index contributed by atoms with van der Waals surface area (Å²) in [5, 5.41) is 0.0779. The van der Waals surface area contributed by atoms with E-state index in [1.165, 1.54) is 0 Å². The van der Waals surface area contributed by atoms with E-state index in [0.717, 1.165) is 0 Å². The van der Waals surface area contributed by atoms with Crippen molar-refractivity contribution in [3.63, 3.8) is 0 Å². The van der Waals surface area contributed by atoms with E-state index < -0.39 is 14.1 Å². The normalized spacial score (nSPS) is 28.8. The molecule has 168 valence electrons. The summed E-state index contributed by atoms with van der Waals surface area (Å²) in [5.41, 5.74) is -0.181. The van der Waals surface area contributed by atoms with Gasteiger partial charge in [-0.2, -0.15) is 0 Å². The fourth-order valence-electron chi connectivity index (χ4n) is 3.74. The number of rotatable bonds is 4. The Morgan fingerprint density at radius 3 is 2.37 bits per heavy atom. The molecule has 1 aromatic carbocycles. The minimum absolute atomic E-state index is 0.0779. The van der Waals surface area contributed by atoms with Gasteiger partial charge in [0.1, 0.15) is 12.2 Å². The van der Waals surface area contributed by atoms with Crippen molar-refractivity contribution in [1.82, 2.24) is 0 Å². The Hall–Kier alpha value is -0.253. The molecular formula is C22H32Br2O5Si. The number of halogens is 2. The van der Waals surface area contributed by atoms with Crippen molar-refractivity contribution < 1.29 is 18.6 Å². The topological polar surface area (TPSA) is 54.0 Å². The molecule has 8 heteroatoms. The number of fused-ring (bicyclic) bond motifs is 1. The van der Waals surface area contributed by atoms with E-state index in [0.29, 0.717) is 27.5 Å². The monoisotopic (exact) mass is 562 g/mol. The van der Waals surface area contributed by atoms with Gasteiger partial charge in [0.25, 0.3) is 0 Å². The van der Waals surface area contributed by atoms with Crippen molar-refractivity contribution in [1.29, 1.82) is 0 Å². The smallest absolute Gasteiger partial charge is 0.235 e. The van der Waals surface area contributed by atoms with Gasteiger partial charge in [-0.25, -0.2) is 0 Å². The molecule has 5 nitrogen and oxygen atoms in total. The standard InChI is InChI=1S/C22H32Br2O5Si/c1-21(2,3)30(6,7)29-17-12-13(11-16-20(17)28-22(4,5)27-16)26-19-15(24)10-8-9-14(23)18(19)25/h8-10,13,16-17,20H,11-12H2,1-7H3/t13?,16-,17-,20-/m1/s1. The van der Waals surface area contributed by atoms with Gasteiger partial charge < -0.3 is 18.6 Å². The zero-order chi connectivity index (χ0) is 22.5. The third kappa shape index (κ3) is 5.21. The highest BCUT2D eigenvalue weighted by atomic mass is 79.9. The Balaban J connectivity index is 1.89. The molecule has 1 aliphatic heterocycles. The van der Waals surface area contributed by atoms with Crippen LogP contribution in [0.3, 0.4) is 0 Å².